The topological polar surface area (TPSA) is 62.3 Å². The Morgan fingerprint density at radius 3 is 2.34 bits per heavy atom. The maximum absolute atomic E-state index is 13.2. The summed E-state index contributed by atoms with van der Waals surface area (Å²) in [6.45, 7) is 10.1. The number of morpholine rings is 1. The molecule has 3 aliphatic rings. The molecule has 176 valence electrons. The molecule has 0 aromatic heterocycles. The Balaban J connectivity index is 1.30. The Morgan fingerprint density at radius 2 is 1.69 bits per heavy atom. The van der Waals surface area contributed by atoms with E-state index in [0.717, 1.165) is 56.7 Å². The fourth-order valence-corrected chi connectivity index (χ4v) is 5.54. The maximum atomic E-state index is 13.2. The molecule has 1 aromatic carbocycles. The summed E-state index contributed by atoms with van der Waals surface area (Å²) in [4.78, 5) is 32.2. The Bertz CT molecular complexity index is 798. The van der Waals surface area contributed by atoms with Crippen molar-refractivity contribution in [3.8, 4) is 0 Å². The number of amides is 1. The molecule has 32 heavy (non-hydrogen) atoms. The van der Waals surface area contributed by atoms with Crippen molar-refractivity contribution < 1.29 is 19.1 Å². The summed E-state index contributed by atoms with van der Waals surface area (Å²) in [6, 6.07) is 7.51. The van der Waals surface area contributed by atoms with Crippen LogP contribution in [0.25, 0.3) is 0 Å². The second-order valence-electron chi connectivity index (χ2n) is 9.73. The molecule has 3 unspecified atom stereocenters. The van der Waals surface area contributed by atoms with Gasteiger partial charge in [-0.05, 0) is 56.8 Å². The molecule has 3 heterocycles. The molecule has 0 N–H and O–H groups in total. The van der Waals surface area contributed by atoms with Gasteiger partial charge in [-0.2, -0.15) is 0 Å². The quantitative estimate of drug-likeness (QED) is 0.648. The number of ether oxygens (including phenoxy) is 2. The number of fused-ring (bicyclic) bond motifs is 1. The van der Waals surface area contributed by atoms with Gasteiger partial charge in [0, 0.05) is 32.6 Å². The van der Waals surface area contributed by atoms with Crippen LogP contribution in [0.3, 0.4) is 0 Å². The molecule has 0 saturated carbocycles. The first-order valence-corrected chi connectivity index (χ1v) is 12.0. The van der Waals surface area contributed by atoms with Crippen molar-refractivity contribution in [2.75, 3.05) is 46.4 Å². The molecule has 4 rings (SSSR count). The van der Waals surface area contributed by atoms with E-state index in [1.54, 1.807) is 4.90 Å². The number of rotatable bonds is 5. The number of likely N-dealkylation sites (tertiary alicyclic amines) is 1. The van der Waals surface area contributed by atoms with Crippen LogP contribution in [0.2, 0.25) is 0 Å². The van der Waals surface area contributed by atoms with Gasteiger partial charge in [-0.15, -0.1) is 0 Å². The highest BCUT2D eigenvalue weighted by molar-refractivity contribution is 5.86. The molecule has 2 fully saturated rings. The molecule has 3 atom stereocenters. The van der Waals surface area contributed by atoms with Crippen molar-refractivity contribution in [1.29, 1.82) is 0 Å². The average Bonchev–Trinajstić information content (AvgIpc) is 2.78. The monoisotopic (exact) mass is 443 g/mol. The zero-order chi connectivity index (χ0) is 22.7. The van der Waals surface area contributed by atoms with Crippen LogP contribution in [-0.2, 0) is 32.0 Å². The molecule has 0 radical (unpaired) electrons. The number of benzene rings is 1. The van der Waals surface area contributed by atoms with Crippen LogP contribution in [0, 0.1) is 5.92 Å². The van der Waals surface area contributed by atoms with E-state index in [2.05, 4.69) is 23.6 Å². The van der Waals surface area contributed by atoms with Crippen molar-refractivity contribution in [2.45, 2.75) is 57.9 Å². The van der Waals surface area contributed by atoms with Crippen LogP contribution in [0.1, 0.15) is 37.8 Å². The first-order valence-electron chi connectivity index (χ1n) is 12.0. The summed E-state index contributed by atoms with van der Waals surface area (Å²) >= 11 is 0. The molecule has 0 spiro atoms. The first-order chi connectivity index (χ1) is 15.4. The Kier molecular flexibility index (Phi) is 7.48. The van der Waals surface area contributed by atoms with E-state index in [0.29, 0.717) is 37.6 Å². The fourth-order valence-electron chi connectivity index (χ4n) is 5.54. The number of hydrogen-bond acceptors (Lipinski definition) is 6. The van der Waals surface area contributed by atoms with Crippen molar-refractivity contribution in [2.24, 2.45) is 5.92 Å². The Labute approximate surface area is 191 Å². The molecule has 2 saturated heterocycles. The normalized spacial score (nSPS) is 27.7. The van der Waals surface area contributed by atoms with Crippen molar-refractivity contribution >= 4 is 11.9 Å². The largest absolute Gasteiger partial charge is 0.467 e. The Hall–Kier alpha value is -1.96. The van der Waals surface area contributed by atoms with Gasteiger partial charge in [-0.25, -0.2) is 4.79 Å². The van der Waals surface area contributed by atoms with Crippen molar-refractivity contribution in [1.82, 2.24) is 14.7 Å². The van der Waals surface area contributed by atoms with E-state index in [1.165, 1.54) is 7.11 Å². The van der Waals surface area contributed by atoms with Crippen LogP contribution in [0.15, 0.2) is 24.3 Å². The number of nitrogens with zero attached hydrogens (tertiary/aromatic N) is 3. The number of carbonyl (C=O) groups is 2. The van der Waals surface area contributed by atoms with Gasteiger partial charge in [0.1, 0.15) is 6.04 Å². The van der Waals surface area contributed by atoms with Gasteiger partial charge >= 0.3 is 5.97 Å². The lowest BCUT2D eigenvalue weighted by Crippen LogP contribution is -2.53. The van der Waals surface area contributed by atoms with Gasteiger partial charge < -0.3 is 14.4 Å². The van der Waals surface area contributed by atoms with Gasteiger partial charge in [0.15, 0.2) is 0 Å². The SMILES string of the molecule is COC(=O)C1Cc2ccccc2CN1C(=O)CN1CCC(CN2CC(C)OC(C)C2)CC1. The van der Waals surface area contributed by atoms with E-state index < -0.39 is 6.04 Å². The predicted octanol–water partition coefficient (Wildman–Crippen LogP) is 1.93. The smallest absolute Gasteiger partial charge is 0.328 e. The highest BCUT2D eigenvalue weighted by Crippen LogP contribution is 2.25. The third-order valence-electron chi connectivity index (χ3n) is 7.12. The molecule has 7 nitrogen and oxygen atoms in total. The minimum atomic E-state index is -0.537. The third-order valence-corrected chi connectivity index (χ3v) is 7.12. The Morgan fingerprint density at radius 1 is 1.03 bits per heavy atom. The molecule has 0 aliphatic carbocycles. The lowest BCUT2D eigenvalue weighted by Gasteiger charge is -2.40. The lowest BCUT2D eigenvalue weighted by molar-refractivity contribution is -0.154. The van der Waals surface area contributed by atoms with Gasteiger partial charge in [-0.1, -0.05) is 24.3 Å². The van der Waals surface area contributed by atoms with Gasteiger partial charge in [0.2, 0.25) is 5.91 Å². The summed E-state index contributed by atoms with van der Waals surface area (Å²) in [5.41, 5.74) is 2.24. The molecular formula is C25H37N3O4. The van der Waals surface area contributed by atoms with Crippen LogP contribution in [-0.4, -0.2) is 91.2 Å². The number of methoxy groups -OCH3 is 1. The van der Waals surface area contributed by atoms with Crippen molar-refractivity contribution in [3.63, 3.8) is 0 Å². The highest BCUT2D eigenvalue weighted by Gasteiger charge is 2.36. The van der Waals surface area contributed by atoms with Crippen molar-refractivity contribution in [3.05, 3.63) is 35.4 Å². The predicted molar refractivity (Wildman–Crippen MR) is 122 cm³/mol. The second kappa shape index (κ2) is 10.3. The molecule has 0 bridgehead atoms. The highest BCUT2D eigenvalue weighted by atomic mass is 16.5. The van der Waals surface area contributed by atoms with Gasteiger partial charge in [-0.3, -0.25) is 14.6 Å². The van der Waals surface area contributed by atoms with E-state index in [-0.39, 0.29) is 11.9 Å². The van der Waals surface area contributed by atoms with Crippen LogP contribution >= 0.6 is 0 Å². The van der Waals surface area contributed by atoms with E-state index in [1.807, 2.05) is 24.3 Å². The van der Waals surface area contributed by atoms with E-state index in [4.69, 9.17) is 9.47 Å². The molecular weight excluding hydrogens is 406 g/mol. The number of piperidine rings is 1. The second-order valence-corrected chi connectivity index (χ2v) is 9.73. The van der Waals surface area contributed by atoms with Crippen LogP contribution in [0.5, 0.6) is 0 Å². The van der Waals surface area contributed by atoms with Gasteiger partial charge in [0.05, 0.1) is 25.9 Å². The average molecular weight is 444 g/mol. The summed E-state index contributed by atoms with van der Waals surface area (Å²) in [6.07, 6.45) is 3.34. The standard InChI is InChI=1S/C25H37N3O4/c1-18-13-27(14-19(2)32-18)15-20-8-10-26(11-9-20)17-24(29)28-16-22-7-5-4-6-21(22)12-23(28)25(30)31-3/h4-7,18-20,23H,8-17H2,1-3H3. The van der Waals surface area contributed by atoms with Crippen LogP contribution < -0.4 is 0 Å². The third kappa shape index (κ3) is 5.50. The minimum absolute atomic E-state index is 0.0178. The van der Waals surface area contributed by atoms with E-state index >= 15 is 0 Å². The van der Waals surface area contributed by atoms with E-state index in [9.17, 15) is 9.59 Å². The molecule has 1 aromatic rings. The maximum Gasteiger partial charge on any atom is 0.328 e. The lowest BCUT2D eigenvalue weighted by atomic mass is 9.93. The zero-order valence-electron chi connectivity index (χ0n) is 19.7. The summed E-state index contributed by atoms with van der Waals surface area (Å²) in [7, 11) is 1.40. The summed E-state index contributed by atoms with van der Waals surface area (Å²) < 4.78 is 10.9. The molecule has 1 amide bonds. The fraction of sp³-hybridized carbons (Fsp3) is 0.680. The zero-order valence-corrected chi connectivity index (χ0v) is 19.7. The number of hydrogen-bond donors (Lipinski definition) is 0. The molecule has 7 heteroatoms. The number of carbonyl (C=O) groups excluding carboxylic acids is 2. The minimum Gasteiger partial charge on any atom is -0.467 e. The summed E-state index contributed by atoms with van der Waals surface area (Å²) in [5, 5.41) is 0. The number of esters is 1. The summed E-state index contributed by atoms with van der Waals surface area (Å²) in [5.74, 6) is 0.355. The van der Waals surface area contributed by atoms with Crippen LogP contribution in [0.4, 0.5) is 0 Å². The molecule has 3 aliphatic heterocycles. The van der Waals surface area contributed by atoms with Gasteiger partial charge in [0.25, 0.3) is 0 Å². The first kappa shape index (κ1) is 23.2.